The quantitative estimate of drug-likeness (QED) is 0.765. The molecule has 1 aliphatic rings. The predicted molar refractivity (Wildman–Crippen MR) is 72.8 cm³/mol. The molecule has 1 atom stereocenters. The molecule has 1 aromatic carbocycles. The van der Waals surface area contributed by atoms with Gasteiger partial charge in [-0.1, -0.05) is 32.0 Å². The highest BCUT2D eigenvalue weighted by Gasteiger charge is 2.25. The van der Waals surface area contributed by atoms with Gasteiger partial charge in [0.25, 0.3) is 5.91 Å². The molecule has 0 aliphatic carbocycles. The van der Waals surface area contributed by atoms with Gasteiger partial charge in [-0.15, -0.1) is 0 Å². The summed E-state index contributed by atoms with van der Waals surface area (Å²) in [6, 6.07) is 8.16. The van der Waals surface area contributed by atoms with Gasteiger partial charge in [-0.05, 0) is 30.4 Å². The Kier molecular flexibility index (Phi) is 4.37. The van der Waals surface area contributed by atoms with E-state index in [1.165, 1.54) is 5.56 Å². The molecule has 1 heterocycles. The van der Waals surface area contributed by atoms with Crippen LogP contribution in [0.2, 0.25) is 0 Å². The number of carbonyl (C=O) groups excluding carboxylic acids is 1. The first-order valence-electron chi connectivity index (χ1n) is 6.68. The lowest BCUT2D eigenvalue weighted by Crippen LogP contribution is -2.41. The molecule has 1 unspecified atom stereocenters. The Morgan fingerprint density at radius 3 is 3.00 bits per heavy atom. The first-order valence-corrected chi connectivity index (χ1v) is 6.68. The summed E-state index contributed by atoms with van der Waals surface area (Å²) in [5, 5.41) is 0. The van der Waals surface area contributed by atoms with E-state index in [2.05, 4.69) is 13.0 Å². The predicted octanol–water partition coefficient (Wildman–Crippen LogP) is 2.64. The Hall–Kier alpha value is -1.35. The van der Waals surface area contributed by atoms with E-state index in [1.807, 2.05) is 30.0 Å². The van der Waals surface area contributed by atoms with Crippen LogP contribution in [0.15, 0.2) is 24.3 Å². The lowest BCUT2D eigenvalue weighted by atomic mass is 9.94. The Morgan fingerprint density at radius 2 is 2.22 bits per heavy atom. The second kappa shape index (κ2) is 6.01. The number of benzene rings is 1. The second-order valence-corrected chi connectivity index (χ2v) is 4.99. The van der Waals surface area contributed by atoms with E-state index >= 15 is 0 Å². The highest BCUT2D eigenvalue weighted by atomic mass is 16.5. The zero-order valence-electron chi connectivity index (χ0n) is 11.2. The van der Waals surface area contributed by atoms with Crippen LogP contribution in [-0.4, -0.2) is 25.7 Å². The van der Waals surface area contributed by atoms with Crippen LogP contribution in [0.1, 0.15) is 25.8 Å². The molecule has 3 heteroatoms. The highest BCUT2D eigenvalue weighted by molar-refractivity contribution is 5.95. The molecule has 0 radical (unpaired) electrons. The number of nitrogens with zero attached hydrogens (tertiary/aromatic N) is 1. The van der Waals surface area contributed by atoms with E-state index in [0.29, 0.717) is 12.5 Å². The number of rotatable bonds is 4. The Bertz CT molecular complexity index is 417. The monoisotopic (exact) mass is 247 g/mol. The van der Waals surface area contributed by atoms with Crippen molar-refractivity contribution in [3.8, 4) is 0 Å². The molecule has 0 saturated heterocycles. The van der Waals surface area contributed by atoms with Gasteiger partial charge >= 0.3 is 0 Å². The van der Waals surface area contributed by atoms with Crippen molar-refractivity contribution in [1.82, 2.24) is 0 Å². The number of amides is 1. The number of ether oxygens (including phenoxy) is 1. The fourth-order valence-corrected chi connectivity index (χ4v) is 2.41. The highest BCUT2D eigenvalue weighted by Crippen LogP contribution is 2.29. The van der Waals surface area contributed by atoms with E-state index in [1.54, 1.807) is 0 Å². The normalized spacial score (nSPS) is 18.6. The van der Waals surface area contributed by atoms with Gasteiger partial charge in [0.2, 0.25) is 0 Å². The van der Waals surface area contributed by atoms with Gasteiger partial charge in [0.05, 0.1) is 0 Å². The van der Waals surface area contributed by atoms with Gasteiger partial charge < -0.3 is 9.64 Å². The van der Waals surface area contributed by atoms with E-state index in [9.17, 15) is 4.79 Å². The van der Waals surface area contributed by atoms with Crippen molar-refractivity contribution in [3.05, 3.63) is 29.8 Å². The summed E-state index contributed by atoms with van der Waals surface area (Å²) in [4.78, 5) is 14.1. The zero-order valence-corrected chi connectivity index (χ0v) is 11.2. The standard InChI is InChI=1S/C15H21NO2/c1-3-8-18-11-15(17)16-10-12(2)9-13-6-4-5-7-14(13)16/h4-7,12H,3,8-11H2,1-2H3. The maximum atomic E-state index is 12.2. The van der Waals surface area contributed by atoms with Gasteiger partial charge in [0.1, 0.15) is 6.61 Å². The molecule has 3 nitrogen and oxygen atoms in total. The van der Waals surface area contributed by atoms with Crippen LogP contribution in [0.4, 0.5) is 5.69 Å². The molecule has 2 rings (SSSR count). The molecule has 1 amide bonds. The molecule has 0 bridgehead atoms. The van der Waals surface area contributed by atoms with Crippen molar-refractivity contribution in [2.45, 2.75) is 26.7 Å². The van der Waals surface area contributed by atoms with Gasteiger partial charge in [0.15, 0.2) is 0 Å². The van der Waals surface area contributed by atoms with Crippen LogP contribution in [0.25, 0.3) is 0 Å². The molecule has 1 aromatic rings. The fourth-order valence-electron chi connectivity index (χ4n) is 2.41. The van der Waals surface area contributed by atoms with E-state index < -0.39 is 0 Å². The molecule has 0 aromatic heterocycles. The number of anilines is 1. The molecular weight excluding hydrogens is 226 g/mol. The molecule has 0 spiro atoms. The average molecular weight is 247 g/mol. The minimum Gasteiger partial charge on any atom is -0.372 e. The lowest BCUT2D eigenvalue weighted by Gasteiger charge is -2.33. The molecule has 1 aliphatic heterocycles. The van der Waals surface area contributed by atoms with Crippen molar-refractivity contribution in [2.75, 3.05) is 24.7 Å². The van der Waals surface area contributed by atoms with Crippen LogP contribution in [0, 0.1) is 5.92 Å². The first-order chi connectivity index (χ1) is 8.72. The van der Waals surface area contributed by atoms with Crippen LogP contribution in [0.3, 0.4) is 0 Å². The molecule has 0 saturated carbocycles. The van der Waals surface area contributed by atoms with Crippen molar-refractivity contribution in [1.29, 1.82) is 0 Å². The Balaban J connectivity index is 2.10. The number of hydrogen-bond acceptors (Lipinski definition) is 2. The summed E-state index contributed by atoms with van der Waals surface area (Å²) in [5.74, 6) is 0.581. The summed E-state index contributed by atoms with van der Waals surface area (Å²) in [7, 11) is 0. The minimum atomic E-state index is 0.0717. The van der Waals surface area contributed by atoms with Crippen molar-refractivity contribution in [3.63, 3.8) is 0 Å². The fraction of sp³-hybridized carbons (Fsp3) is 0.533. The molecular formula is C15H21NO2. The average Bonchev–Trinajstić information content (AvgIpc) is 2.38. The molecule has 18 heavy (non-hydrogen) atoms. The number of hydrogen-bond donors (Lipinski definition) is 0. The topological polar surface area (TPSA) is 29.5 Å². The zero-order chi connectivity index (χ0) is 13.0. The lowest BCUT2D eigenvalue weighted by molar-refractivity contribution is -0.123. The first kappa shape index (κ1) is 13.1. The van der Waals surface area contributed by atoms with Crippen LogP contribution in [0.5, 0.6) is 0 Å². The van der Waals surface area contributed by atoms with E-state index in [0.717, 1.165) is 25.1 Å². The minimum absolute atomic E-state index is 0.0717. The van der Waals surface area contributed by atoms with Crippen LogP contribution in [-0.2, 0) is 16.0 Å². The maximum Gasteiger partial charge on any atom is 0.252 e. The summed E-state index contributed by atoms with van der Waals surface area (Å²) in [6.45, 7) is 5.86. The van der Waals surface area contributed by atoms with Crippen molar-refractivity contribution >= 4 is 11.6 Å². The SMILES string of the molecule is CCCOCC(=O)N1CC(C)Cc2ccccc21. The van der Waals surface area contributed by atoms with Crippen molar-refractivity contribution < 1.29 is 9.53 Å². The van der Waals surface area contributed by atoms with Crippen molar-refractivity contribution in [2.24, 2.45) is 5.92 Å². The largest absolute Gasteiger partial charge is 0.372 e. The summed E-state index contributed by atoms with van der Waals surface area (Å²) in [6.07, 6.45) is 2.00. The number of carbonyl (C=O) groups is 1. The number of fused-ring (bicyclic) bond motifs is 1. The Morgan fingerprint density at radius 1 is 1.44 bits per heavy atom. The summed E-state index contributed by atoms with van der Waals surface area (Å²) >= 11 is 0. The van der Waals surface area contributed by atoms with Crippen LogP contribution < -0.4 is 4.90 Å². The number of para-hydroxylation sites is 1. The third-order valence-corrected chi connectivity index (χ3v) is 3.22. The molecule has 0 fully saturated rings. The summed E-state index contributed by atoms with van der Waals surface area (Å²) in [5.41, 5.74) is 2.32. The summed E-state index contributed by atoms with van der Waals surface area (Å²) < 4.78 is 5.36. The maximum absolute atomic E-state index is 12.2. The second-order valence-electron chi connectivity index (χ2n) is 4.99. The van der Waals surface area contributed by atoms with Gasteiger partial charge in [-0.2, -0.15) is 0 Å². The van der Waals surface area contributed by atoms with E-state index in [4.69, 9.17) is 4.74 Å². The van der Waals surface area contributed by atoms with Gasteiger partial charge in [-0.3, -0.25) is 4.79 Å². The smallest absolute Gasteiger partial charge is 0.252 e. The third kappa shape index (κ3) is 2.91. The van der Waals surface area contributed by atoms with Gasteiger partial charge in [0, 0.05) is 18.8 Å². The third-order valence-electron chi connectivity index (χ3n) is 3.22. The van der Waals surface area contributed by atoms with E-state index in [-0.39, 0.29) is 12.5 Å². The molecule has 98 valence electrons. The molecule has 0 N–H and O–H groups in total. The van der Waals surface area contributed by atoms with Gasteiger partial charge in [-0.25, -0.2) is 0 Å². The van der Waals surface area contributed by atoms with Crippen LogP contribution >= 0.6 is 0 Å². The Labute approximate surface area is 109 Å².